The van der Waals surface area contributed by atoms with Gasteiger partial charge in [-0.2, -0.15) is 0 Å². The van der Waals surface area contributed by atoms with Crippen LogP contribution in [0.2, 0.25) is 0 Å². The van der Waals surface area contributed by atoms with E-state index in [0.29, 0.717) is 25.7 Å². The number of furan rings is 1. The average Bonchev–Trinajstić information content (AvgIpc) is 2.95. The third-order valence-corrected chi connectivity index (χ3v) is 5.57. The number of nitrogens with one attached hydrogen (secondary N) is 1. The fraction of sp³-hybridized carbons (Fsp3) is 0.500. The molecule has 2 aromatic rings. The predicted octanol–water partition coefficient (Wildman–Crippen LogP) is 1.96. The van der Waals surface area contributed by atoms with Gasteiger partial charge in [0.2, 0.25) is 10.0 Å². The molecule has 0 saturated carbocycles. The SMILES string of the molecule is COc1cccc2cc(CNC3CCN(S(C)(=O)=O)CC3)oc12. The number of piperidine rings is 1. The standard InChI is InChI=1S/C16H22N2O4S/c1-21-15-5-3-4-12-10-14(22-16(12)15)11-17-13-6-8-18(9-7-13)23(2,19)20/h3-5,10,13,17H,6-9,11H2,1-2H3. The van der Waals surface area contributed by atoms with Crippen LogP contribution < -0.4 is 10.1 Å². The van der Waals surface area contributed by atoms with Gasteiger partial charge >= 0.3 is 0 Å². The van der Waals surface area contributed by atoms with Crippen molar-refractivity contribution in [2.45, 2.75) is 25.4 Å². The Morgan fingerprint density at radius 3 is 2.74 bits per heavy atom. The lowest BCUT2D eigenvalue weighted by Crippen LogP contribution is -2.44. The Labute approximate surface area is 136 Å². The number of fused-ring (bicyclic) bond motifs is 1. The van der Waals surface area contributed by atoms with Crippen molar-refractivity contribution >= 4 is 21.0 Å². The van der Waals surface area contributed by atoms with Crippen molar-refractivity contribution in [3.63, 3.8) is 0 Å². The van der Waals surface area contributed by atoms with E-state index >= 15 is 0 Å². The van der Waals surface area contributed by atoms with E-state index in [1.165, 1.54) is 10.6 Å². The molecule has 0 unspecified atom stereocenters. The molecule has 0 atom stereocenters. The van der Waals surface area contributed by atoms with Gasteiger partial charge < -0.3 is 14.5 Å². The van der Waals surface area contributed by atoms with Gasteiger partial charge in [0.25, 0.3) is 0 Å². The lowest BCUT2D eigenvalue weighted by atomic mass is 10.1. The smallest absolute Gasteiger partial charge is 0.211 e. The topological polar surface area (TPSA) is 71.8 Å². The minimum Gasteiger partial charge on any atom is -0.493 e. The van der Waals surface area contributed by atoms with E-state index in [9.17, 15) is 8.42 Å². The van der Waals surface area contributed by atoms with E-state index in [1.807, 2.05) is 24.3 Å². The lowest BCUT2D eigenvalue weighted by molar-refractivity contribution is 0.285. The third kappa shape index (κ3) is 3.68. The van der Waals surface area contributed by atoms with Crippen LogP contribution in [0, 0.1) is 0 Å². The number of sulfonamides is 1. The number of nitrogens with zero attached hydrogens (tertiary/aromatic N) is 1. The van der Waals surface area contributed by atoms with Crippen LogP contribution >= 0.6 is 0 Å². The van der Waals surface area contributed by atoms with Gasteiger partial charge in [-0.3, -0.25) is 0 Å². The molecule has 7 heteroatoms. The van der Waals surface area contributed by atoms with Crippen molar-refractivity contribution in [2.24, 2.45) is 0 Å². The van der Waals surface area contributed by atoms with Crippen LogP contribution in [0.25, 0.3) is 11.0 Å². The molecule has 1 N–H and O–H groups in total. The Kier molecular flexibility index (Phi) is 4.61. The summed E-state index contributed by atoms with van der Waals surface area (Å²) in [5.74, 6) is 1.59. The van der Waals surface area contributed by atoms with Crippen molar-refractivity contribution in [3.8, 4) is 5.75 Å². The molecule has 0 aliphatic carbocycles. The second kappa shape index (κ2) is 6.51. The van der Waals surface area contributed by atoms with Gasteiger partial charge in [0.15, 0.2) is 11.3 Å². The largest absolute Gasteiger partial charge is 0.493 e. The number of para-hydroxylation sites is 1. The highest BCUT2D eigenvalue weighted by atomic mass is 32.2. The number of benzene rings is 1. The number of ether oxygens (including phenoxy) is 1. The Morgan fingerprint density at radius 2 is 2.09 bits per heavy atom. The van der Waals surface area contributed by atoms with E-state index in [1.54, 1.807) is 7.11 Å². The number of methoxy groups -OCH3 is 1. The second-order valence-electron chi connectivity index (χ2n) is 5.91. The minimum atomic E-state index is -3.07. The molecular weight excluding hydrogens is 316 g/mol. The summed E-state index contributed by atoms with van der Waals surface area (Å²) in [7, 11) is -1.44. The van der Waals surface area contributed by atoms with E-state index in [4.69, 9.17) is 9.15 Å². The summed E-state index contributed by atoms with van der Waals surface area (Å²) in [5, 5.41) is 4.47. The molecule has 6 nitrogen and oxygen atoms in total. The number of hydrogen-bond donors (Lipinski definition) is 1. The summed E-state index contributed by atoms with van der Waals surface area (Å²) in [6.45, 7) is 1.77. The Hall–Kier alpha value is -1.57. The van der Waals surface area contributed by atoms with Gasteiger partial charge in [-0.1, -0.05) is 12.1 Å². The van der Waals surface area contributed by atoms with Crippen molar-refractivity contribution in [1.29, 1.82) is 0 Å². The van der Waals surface area contributed by atoms with Gasteiger partial charge in [-0.25, -0.2) is 12.7 Å². The fourth-order valence-corrected chi connectivity index (χ4v) is 3.85. The number of rotatable bonds is 5. The van der Waals surface area contributed by atoms with Crippen molar-refractivity contribution in [2.75, 3.05) is 26.5 Å². The van der Waals surface area contributed by atoms with Crippen LogP contribution in [0.1, 0.15) is 18.6 Å². The molecule has 1 fully saturated rings. The molecule has 1 aliphatic heterocycles. The highest BCUT2D eigenvalue weighted by molar-refractivity contribution is 7.88. The van der Waals surface area contributed by atoms with Gasteiger partial charge in [0, 0.05) is 24.5 Å². The van der Waals surface area contributed by atoms with Gasteiger partial charge in [0.05, 0.1) is 19.9 Å². The van der Waals surface area contributed by atoms with Crippen molar-refractivity contribution in [3.05, 3.63) is 30.0 Å². The Bertz CT molecular complexity index is 776. The van der Waals surface area contributed by atoms with Crippen LogP contribution in [0.15, 0.2) is 28.7 Å². The fourth-order valence-electron chi connectivity index (χ4n) is 2.97. The summed E-state index contributed by atoms with van der Waals surface area (Å²) in [5.41, 5.74) is 0.763. The van der Waals surface area contributed by atoms with Gasteiger partial charge in [0.1, 0.15) is 5.76 Å². The van der Waals surface area contributed by atoms with E-state index < -0.39 is 10.0 Å². The predicted molar refractivity (Wildman–Crippen MR) is 89.0 cm³/mol. The van der Waals surface area contributed by atoms with E-state index in [0.717, 1.165) is 35.3 Å². The molecule has 23 heavy (non-hydrogen) atoms. The molecule has 2 heterocycles. The maximum Gasteiger partial charge on any atom is 0.211 e. The van der Waals surface area contributed by atoms with Crippen molar-refractivity contribution < 1.29 is 17.6 Å². The van der Waals surface area contributed by atoms with Crippen LogP contribution in [0.3, 0.4) is 0 Å². The van der Waals surface area contributed by atoms with Gasteiger partial charge in [-0.05, 0) is 25.0 Å². The number of hydrogen-bond acceptors (Lipinski definition) is 5. The second-order valence-corrected chi connectivity index (χ2v) is 7.89. The van der Waals surface area contributed by atoms with Crippen LogP contribution in [0.5, 0.6) is 5.75 Å². The summed E-state index contributed by atoms with van der Waals surface area (Å²) in [4.78, 5) is 0. The molecule has 0 amide bonds. The summed E-state index contributed by atoms with van der Waals surface area (Å²) < 4.78 is 35.7. The third-order valence-electron chi connectivity index (χ3n) is 4.27. The summed E-state index contributed by atoms with van der Waals surface area (Å²) in [6, 6.07) is 8.13. The first-order valence-electron chi connectivity index (χ1n) is 7.71. The first kappa shape index (κ1) is 16.3. The zero-order valence-corrected chi connectivity index (χ0v) is 14.2. The van der Waals surface area contributed by atoms with Crippen LogP contribution in [0.4, 0.5) is 0 Å². The molecule has 0 radical (unpaired) electrons. The molecule has 1 saturated heterocycles. The highest BCUT2D eigenvalue weighted by Crippen LogP contribution is 2.28. The molecule has 3 rings (SSSR count). The quantitative estimate of drug-likeness (QED) is 0.902. The minimum absolute atomic E-state index is 0.308. The zero-order chi connectivity index (χ0) is 16.4. The highest BCUT2D eigenvalue weighted by Gasteiger charge is 2.24. The Morgan fingerprint density at radius 1 is 1.35 bits per heavy atom. The maximum absolute atomic E-state index is 11.5. The first-order chi connectivity index (χ1) is 11.0. The molecular formula is C16H22N2O4S. The normalized spacial score (nSPS) is 17.7. The first-order valence-corrected chi connectivity index (χ1v) is 9.56. The van der Waals surface area contributed by atoms with Gasteiger partial charge in [-0.15, -0.1) is 0 Å². The van der Waals surface area contributed by atoms with Crippen molar-refractivity contribution in [1.82, 2.24) is 9.62 Å². The monoisotopic (exact) mass is 338 g/mol. The van der Waals surface area contributed by atoms with E-state index in [2.05, 4.69) is 5.32 Å². The zero-order valence-electron chi connectivity index (χ0n) is 13.4. The molecule has 1 aromatic heterocycles. The molecule has 0 bridgehead atoms. The Balaban J connectivity index is 1.59. The van der Waals surface area contributed by atoms with Crippen LogP contribution in [-0.4, -0.2) is 45.2 Å². The lowest BCUT2D eigenvalue weighted by Gasteiger charge is -2.30. The molecule has 0 spiro atoms. The molecule has 126 valence electrons. The van der Waals surface area contributed by atoms with E-state index in [-0.39, 0.29) is 0 Å². The summed E-state index contributed by atoms with van der Waals surface area (Å²) >= 11 is 0. The molecule has 1 aromatic carbocycles. The van der Waals surface area contributed by atoms with Crippen LogP contribution in [-0.2, 0) is 16.6 Å². The average molecular weight is 338 g/mol. The maximum atomic E-state index is 11.5. The summed E-state index contributed by atoms with van der Waals surface area (Å²) in [6.07, 6.45) is 2.90. The molecule has 1 aliphatic rings.